The highest BCUT2D eigenvalue weighted by Crippen LogP contribution is 2.33. The zero-order chi connectivity index (χ0) is 17.9. The highest BCUT2D eigenvalue weighted by molar-refractivity contribution is 7.15. The summed E-state index contributed by atoms with van der Waals surface area (Å²) >= 11 is 1.56. The SMILES string of the molecule is CCc1nnc(Nc2cc(C3CCCN3Cc3ncc[nH]3)nc(C)n2)s1. The van der Waals surface area contributed by atoms with Crippen LogP contribution in [0.3, 0.4) is 0 Å². The fourth-order valence-corrected chi connectivity index (χ4v) is 4.00. The standard InChI is InChI=1S/C17H22N8S/c1-3-16-23-24-17(26-16)22-14-9-12(20-11(2)21-14)13-5-4-8-25(13)10-15-18-6-7-19-15/h6-7,9,13H,3-5,8,10H2,1-2H3,(H,18,19)(H,20,21,22,24). The largest absolute Gasteiger partial charge is 0.348 e. The number of hydrogen-bond donors (Lipinski definition) is 2. The van der Waals surface area contributed by atoms with Crippen LogP contribution in [0.5, 0.6) is 0 Å². The van der Waals surface area contributed by atoms with Gasteiger partial charge in [0, 0.05) is 18.5 Å². The van der Waals surface area contributed by atoms with E-state index in [9.17, 15) is 0 Å². The Kier molecular flexibility index (Phi) is 4.89. The van der Waals surface area contributed by atoms with Gasteiger partial charge in [-0.2, -0.15) is 0 Å². The van der Waals surface area contributed by atoms with Crippen molar-refractivity contribution in [2.75, 3.05) is 11.9 Å². The third-order valence-corrected chi connectivity index (χ3v) is 5.46. The van der Waals surface area contributed by atoms with Gasteiger partial charge in [0.25, 0.3) is 0 Å². The maximum atomic E-state index is 4.70. The van der Waals surface area contributed by atoms with E-state index in [-0.39, 0.29) is 6.04 Å². The van der Waals surface area contributed by atoms with Gasteiger partial charge in [-0.15, -0.1) is 10.2 Å². The zero-order valence-corrected chi connectivity index (χ0v) is 15.8. The Hall–Kier alpha value is -2.39. The summed E-state index contributed by atoms with van der Waals surface area (Å²) in [6.45, 7) is 5.86. The number of aryl methyl sites for hydroxylation is 2. The maximum Gasteiger partial charge on any atom is 0.211 e. The fraction of sp³-hybridized carbons (Fsp3) is 0.471. The molecular weight excluding hydrogens is 348 g/mol. The molecule has 0 bridgehead atoms. The van der Waals surface area contributed by atoms with Crippen molar-refractivity contribution in [1.82, 2.24) is 35.0 Å². The Balaban J connectivity index is 1.54. The van der Waals surface area contributed by atoms with Crippen molar-refractivity contribution in [2.45, 2.75) is 45.7 Å². The predicted molar refractivity (Wildman–Crippen MR) is 100 cm³/mol. The first-order chi connectivity index (χ1) is 12.7. The molecule has 1 saturated heterocycles. The first-order valence-corrected chi connectivity index (χ1v) is 9.70. The van der Waals surface area contributed by atoms with Crippen LogP contribution in [-0.4, -0.2) is 41.6 Å². The number of nitrogens with zero attached hydrogens (tertiary/aromatic N) is 6. The van der Waals surface area contributed by atoms with Gasteiger partial charge in [0.2, 0.25) is 5.13 Å². The topological polar surface area (TPSA) is 95.5 Å². The minimum Gasteiger partial charge on any atom is -0.348 e. The third-order valence-electron chi connectivity index (χ3n) is 4.47. The van der Waals surface area contributed by atoms with Crippen LogP contribution in [0, 0.1) is 6.92 Å². The third kappa shape index (κ3) is 3.73. The predicted octanol–water partition coefficient (Wildman–Crippen LogP) is 3.00. The molecule has 0 amide bonds. The summed E-state index contributed by atoms with van der Waals surface area (Å²) in [6, 6.07) is 2.31. The van der Waals surface area contributed by atoms with Gasteiger partial charge in [0.05, 0.1) is 18.3 Å². The lowest BCUT2D eigenvalue weighted by Crippen LogP contribution is -2.24. The number of imidazole rings is 1. The van der Waals surface area contributed by atoms with Crippen LogP contribution in [0.4, 0.5) is 10.9 Å². The van der Waals surface area contributed by atoms with E-state index in [1.807, 2.05) is 19.2 Å². The number of nitrogens with one attached hydrogen (secondary N) is 2. The zero-order valence-electron chi connectivity index (χ0n) is 14.9. The second-order valence-corrected chi connectivity index (χ2v) is 7.43. The van der Waals surface area contributed by atoms with Crippen LogP contribution in [0.1, 0.15) is 48.2 Å². The van der Waals surface area contributed by atoms with E-state index in [0.29, 0.717) is 0 Å². The van der Waals surface area contributed by atoms with E-state index in [4.69, 9.17) is 4.98 Å². The summed E-state index contributed by atoms with van der Waals surface area (Å²) in [7, 11) is 0. The number of likely N-dealkylation sites (tertiary alicyclic amines) is 1. The lowest BCUT2D eigenvalue weighted by molar-refractivity contribution is 0.238. The van der Waals surface area contributed by atoms with E-state index < -0.39 is 0 Å². The summed E-state index contributed by atoms with van der Waals surface area (Å²) in [5, 5.41) is 13.4. The van der Waals surface area contributed by atoms with Gasteiger partial charge < -0.3 is 10.3 Å². The molecule has 0 radical (unpaired) electrons. The van der Waals surface area contributed by atoms with Gasteiger partial charge in [-0.05, 0) is 32.7 Å². The molecule has 8 nitrogen and oxygen atoms in total. The van der Waals surface area contributed by atoms with Gasteiger partial charge in [-0.3, -0.25) is 4.90 Å². The first-order valence-electron chi connectivity index (χ1n) is 8.88. The van der Waals surface area contributed by atoms with Crippen LogP contribution in [0.15, 0.2) is 18.5 Å². The minimum atomic E-state index is 0.281. The number of hydrogen-bond acceptors (Lipinski definition) is 8. The van der Waals surface area contributed by atoms with E-state index in [1.54, 1.807) is 17.5 Å². The van der Waals surface area contributed by atoms with Crippen molar-refractivity contribution < 1.29 is 0 Å². The van der Waals surface area contributed by atoms with Gasteiger partial charge in [-0.25, -0.2) is 15.0 Å². The van der Waals surface area contributed by atoms with Crippen molar-refractivity contribution >= 4 is 22.3 Å². The molecule has 0 spiro atoms. The normalized spacial score (nSPS) is 17.7. The molecule has 9 heteroatoms. The Morgan fingerprint density at radius 2 is 2.27 bits per heavy atom. The average Bonchev–Trinajstić information content (AvgIpc) is 3.36. The molecule has 136 valence electrons. The van der Waals surface area contributed by atoms with Gasteiger partial charge in [0.15, 0.2) is 0 Å². The molecule has 1 aliphatic rings. The summed E-state index contributed by atoms with van der Waals surface area (Å²) in [5.41, 5.74) is 1.05. The Labute approximate surface area is 156 Å². The number of aromatic amines is 1. The molecule has 1 aliphatic heterocycles. The van der Waals surface area contributed by atoms with Crippen LogP contribution < -0.4 is 5.32 Å². The van der Waals surface area contributed by atoms with Crippen molar-refractivity contribution in [3.05, 3.63) is 40.8 Å². The Morgan fingerprint density at radius 3 is 3.04 bits per heavy atom. The number of H-pyrrole nitrogens is 1. The summed E-state index contributed by atoms with van der Waals surface area (Å²) < 4.78 is 0. The number of anilines is 2. The van der Waals surface area contributed by atoms with Crippen LogP contribution >= 0.6 is 11.3 Å². The maximum absolute atomic E-state index is 4.70. The van der Waals surface area contributed by atoms with Crippen molar-refractivity contribution in [3.8, 4) is 0 Å². The highest BCUT2D eigenvalue weighted by Gasteiger charge is 2.28. The van der Waals surface area contributed by atoms with Crippen LogP contribution in [0.2, 0.25) is 0 Å². The molecule has 1 unspecified atom stereocenters. The second-order valence-electron chi connectivity index (χ2n) is 6.37. The first kappa shape index (κ1) is 17.0. The molecule has 0 aromatic carbocycles. The second kappa shape index (κ2) is 7.46. The molecule has 1 atom stereocenters. The van der Waals surface area contributed by atoms with Crippen LogP contribution in [0.25, 0.3) is 0 Å². The Morgan fingerprint density at radius 1 is 1.35 bits per heavy atom. The Bertz CT molecular complexity index is 860. The molecule has 3 aromatic rings. The fourth-order valence-electron chi connectivity index (χ4n) is 3.31. The molecule has 2 N–H and O–H groups in total. The summed E-state index contributed by atoms with van der Waals surface area (Å²) in [4.78, 5) is 19.2. The lowest BCUT2D eigenvalue weighted by atomic mass is 10.1. The van der Waals surface area contributed by atoms with Gasteiger partial charge in [0.1, 0.15) is 22.5 Å². The molecule has 0 saturated carbocycles. The number of rotatable bonds is 6. The van der Waals surface area contributed by atoms with Gasteiger partial charge >= 0.3 is 0 Å². The molecule has 3 aromatic heterocycles. The quantitative estimate of drug-likeness (QED) is 0.688. The summed E-state index contributed by atoms with van der Waals surface area (Å²) in [5.74, 6) is 2.52. The number of aromatic nitrogens is 6. The summed E-state index contributed by atoms with van der Waals surface area (Å²) in [6.07, 6.45) is 6.80. The van der Waals surface area contributed by atoms with Crippen molar-refractivity contribution in [3.63, 3.8) is 0 Å². The van der Waals surface area contributed by atoms with Gasteiger partial charge in [-0.1, -0.05) is 18.3 Å². The van der Waals surface area contributed by atoms with Crippen molar-refractivity contribution in [2.24, 2.45) is 0 Å². The average molecular weight is 370 g/mol. The van der Waals surface area contributed by atoms with Crippen LogP contribution in [-0.2, 0) is 13.0 Å². The lowest BCUT2D eigenvalue weighted by Gasteiger charge is -2.23. The molecule has 0 aliphatic carbocycles. The molecule has 4 heterocycles. The highest BCUT2D eigenvalue weighted by atomic mass is 32.1. The van der Waals surface area contributed by atoms with E-state index in [2.05, 4.69) is 42.3 Å². The van der Waals surface area contributed by atoms with Crippen molar-refractivity contribution in [1.29, 1.82) is 0 Å². The van der Waals surface area contributed by atoms with E-state index in [1.165, 1.54) is 0 Å². The van der Waals surface area contributed by atoms with E-state index >= 15 is 0 Å². The van der Waals surface area contributed by atoms with E-state index in [0.717, 1.165) is 65.7 Å². The molecular formula is C17H22N8S. The molecule has 1 fully saturated rings. The monoisotopic (exact) mass is 370 g/mol. The smallest absolute Gasteiger partial charge is 0.211 e. The molecule has 26 heavy (non-hydrogen) atoms. The molecule has 4 rings (SSSR count). The minimum absolute atomic E-state index is 0.281.